The van der Waals surface area contributed by atoms with E-state index in [1.165, 1.54) is 7.11 Å². The van der Waals surface area contributed by atoms with E-state index in [9.17, 15) is 9.59 Å². The molecule has 1 aliphatic rings. The van der Waals surface area contributed by atoms with Gasteiger partial charge in [-0.3, -0.25) is 9.59 Å². The molecule has 0 saturated carbocycles. The minimum absolute atomic E-state index is 0.0293. The summed E-state index contributed by atoms with van der Waals surface area (Å²) in [6.45, 7) is 5.18. The average molecular weight is 384 g/mol. The highest BCUT2D eigenvalue weighted by Gasteiger charge is 2.35. The molecule has 1 saturated heterocycles. The highest BCUT2D eigenvalue weighted by molar-refractivity contribution is 5.99. The van der Waals surface area contributed by atoms with Gasteiger partial charge in [-0.15, -0.1) is 0 Å². The van der Waals surface area contributed by atoms with Gasteiger partial charge < -0.3 is 19.5 Å². The Labute approximate surface area is 165 Å². The van der Waals surface area contributed by atoms with Crippen molar-refractivity contribution in [2.24, 2.45) is 13.0 Å². The van der Waals surface area contributed by atoms with Crippen molar-refractivity contribution in [2.45, 2.75) is 32.2 Å². The molecule has 0 radical (unpaired) electrons. The molecule has 1 aromatic heterocycles. The number of ether oxygens (including phenoxy) is 1. The van der Waals surface area contributed by atoms with Crippen LogP contribution in [-0.2, 0) is 11.8 Å². The van der Waals surface area contributed by atoms with Gasteiger partial charge in [-0.2, -0.15) is 0 Å². The molecule has 2 atom stereocenters. The van der Waals surface area contributed by atoms with E-state index in [1.54, 1.807) is 24.4 Å². The van der Waals surface area contributed by atoms with E-state index < -0.39 is 6.04 Å². The number of likely N-dealkylation sites (tertiary alicyclic amines) is 1. The molecule has 7 heteroatoms. The molecule has 1 aromatic carbocycles. The maximum atomic E-state index is 13.2. The Bertz CT molecular complexity index is 846. The SMILES string of the molecule is COc1ccccc1C(=O)NC(C(=O)N1CCC(c2nccn2C)C1)C(C)C. The Balaban J connectivity index is 1.71. The number of hydrogen-bond donors (Lipinski definition) is 1. The first-order valence-electron chi connectivity index (χ1n) is 9.62. The van der Waals surface area contributed by atoms with Crippen molar-refractivity contribution in [3.05, 3.63) is 48.0 Å². The van der Waals surface area contributed by atoms with Crippen LogP contribution in [-0.4, -0.2) is 52.5 Å². The van der Waals surface area contributed by atoms with Gasteiger partial charge in [-0.25, -0.2) is 4.98 Å². The molecule has 7 nitrogen and oxygen atoms in total. The maximum absolute atomic E-state index is 13.2. The predicted octanol–water partition coefficient (Wildman–Crippen LogP) is 2.20. The minimum atomic E-state index is -0.586. The van der Waals surface area contributed by atoms with Gasteiger partial charge in [-0.05, 0) is 24.5 Å². The summed E-state index contributed by atoms with van der Waals surface area (Å²) >= 11 is 0. The van der Waals surface area contributed by atoms with E-state index in [0.717, 1.165) is 12.2 Å². The molecule has 2 aromatic rings. The lowest BCUT2D eigenvalue weighted by Gasteiger charge is -2.27. The Morgan fingerprint density at radius 1 is 1.29 bits per heavy atom. The van der Waals surface area contributed by atoms with E-state index in [1.807, 2.05) is 42.6 Å². The number of nitrogens with one attached hydrogen (secondary N) is 1. The molecule has 1 aliphatic heterocycles. The van der Waals surface area contributed by atoms with Crippen molar-refractivity contribution in [2.75, 3.05) is 20.2 Å². The van der Waals surface area contributed by atoms with Crippen LogP contribution in [0.5, 0.6) is 5.75 Å². The van der Waals surface area contributed by atoms with Gasteiger partial charge >= 0.3 is 0 Å². The van der Waals surface area contributed by atoms with Crippen LogP contribution in [0.2, 0.25) is 0 Å². The lowest BCUT2D eigenvalue weighted by molar-refractivity contribution is -0.133. The number of aryl methyl sites for hydroxylation is 1. The first kappa shape index (κ1) is 19.9. The number of imidazole rings is 1. The number of aromatic nitrogens is 2. The first-order valence-corrected chi connectivity index (χ1v) is 9.62. The van der Waals surface area contributed by atoms with Gasteiger partial charge in [-0.1, -0.05) is 26.0 Å². The van der Waals surface area contributed by atoms with Gasteiger partial charge in [0.1, 0.15) is 17.6 Å². The zero-order chi connectivity index (χ0) is 20.3. The van der Waals surface area contributed by atoms with Crippen molar-refractivity contribution >= 4 is 11.8 Å². The summed E-state index contributed by atoms with van der Waals surface area (Å²) in [6.07, 6.45) is 4.58. The second-order valence-electron chi connectivity index (χ2n) is 7.56. The fraction of sp³-hybridized carbons (Fsp3) is 0.476. The van der Waals surface area contributed by atoms with Gasteiger partial charge in [0, 0.05) is 38.4 Å². The standard InChI is InChI=1S/C21H28N4O3/c1-14(2)18(23-20(26)16-7-5-6-8-17(16)28-4)21(27)25-11-9-15(13-25)19-22-10-12-24(19)3/h5-8,10,12,14-15,18H,9,11,13H2,1-4H3,(H,23,26). The number of para-hydroxylation sites is 1. The van der Waals surface area contributed by atoms with Crippen LogP contribution < -0.4 is 10.1 Å². The number of nitrogens with zero attached hydrogens (tertiary/aromatic N) is 3. The van der Waals surface area contributed by atoms with E-state index in [4.69, 9.17) is 4.74 Å². The summed E-state index contributed by atoms with van der Waals surface area (Å²) in [6, 6.07) is 6.43. The number of rotatable bonds is 6. The second-order valence-corrected chi connectivity index (χ2v) is 7.56. The van der Waals surface area contributed by atoms with Crippen LogP contribution >= 0.6 is 0 Å². The van der Waals surface area contributed by atoms with Gasteiger partial charge in [0.25, 0.3) is 5.91 Å². The summed E-state index contributed by atoms with van der Waals surface area (Å²) in [4.78, 5) is 32.2. The Morgan fingerprint density at radius 2 is 2.04 bits per heavy atom. The van der Waals surface area contributed by atoms with Gasteiger partial charge in [0.2, 0.25) is 5.91 Å². The third kappa shape index (κ3) is 4.03. The molecule has 2 unspecified atom stereocenters. The van der Waals surface area contributed by atoms with Crippen LogP contribution in [0.4, 0.5) is 0 Å². The smallest absolute Gasteiger partial charge is 0.255 e. The molecule has 28 heavy (non-hydrogen) atoms. The number of carbonyl (C=O) groups excluding carboxylic acids is 2. The van der Waals surface area contributed by atoms with Crippen molar-refractivity contribution in [3.63, 3.8) is 0 Å². The molecule has 1 fully saturated rings. The fourth-order valence-electron chi connectivity index (χ4n) is 3.70. The number of hydrogen-bond acceptors (Lipinski definition) is 4. The maximum Gasteiger partial charge on any atom is 0.255 e. The molecule has 2 heterocycles. The Kier molecular flexibility index (Phi) is 6.02. The first-order chi connectivity index (χ1) is 13.4. The highest BCUT2D eigenvalue weighted by Crippen LogP contribution is 2.27. The lowest BCUT2D eigenvalue weighted by Crippen LogP contribution is -2.50. The van der Waals surface area contributed by atoms with Crippen LogP contribution in [0, 0.1) is 5.92 Å². The quantitative estimate of drug-likeness (QED) is 0.828. The van der Waals surface area contributed by atoms with Crippen LogP contribution in [0.1, 0.15) is 42.4 Å². The second kappa shape index (κ2) is 8.46. The zero-order valence-corrected chi connectivity index (χ0v) is 16.9. The van der Waals surface area contributed by atoms with Gasteiger partial charge in [0.05, 0.1) is 12.7 Å². The summed E-state index contributed by atoms with van der Waals surface area (Å²) in [5.41, 5.74) is 0.427. The lowest BCUT2D eigenvalue weighted by atomic mass is 10.0. The van der Waals surface area contributed by atoms with Crippen LogP contribution in [0.25, 0.3) is 0 Å². The van der Waals surface area contributed by atoms with Crippen molar-refractivity contribution in [1.29, 1.82) is 0 Å². The number of carbonyl (C=O) groups is 2. The number of amides is 2. The summed E-state index contributed by atoms with van der Waals surface area (Å²) in [5.74, 6) is 1.33. The van der Waals surface area contributed by atoms with Crippen LogP contribution in [0.15, 0.2) is 36.7 Å². The molecule has 0 bridgehead atoms. The average Bonchev–Trinajstić information content (AvgIpc) is 3.33. The van der Waals surface area contributed by atoms with Crippen molar-refractivity contribution in [1.82, 2.24) is 19.8 Å². The normalized spacial score (nSPS) is 17.6. The molecule has 3 rings (SSSR count). The predicted molar refractivity (Wildman–Crippen MR) is 106 cm³/mol. The topological polar surface area (TPSA) is 76.5 Å². The molecule has 0 aliphatic carbocycles. The van der Waals surface area contributed by atoms with Crippen LogP contribution in [0.3, 0.4) is 0 Å². The minimum Gasteiger partial charge on any atom is -0.496 e. The molecule has 2 amide bonds. The van der Waals surface area contributed by atoms with Gasteiger partial charge in [0.15, 0.2) is 0 Å². The van der Waals surface area contributed by atoms with E-state index in [0.29, 0.717) is 24.4 Å². The Morgan fingerprint density at radius 3 is 2.68 bits per heavy atom. The molecule has 150 valence electrons. The summed E-state index contributed by atoms with van der Waals surface area (Å²) in [7, 11) is 3.50. The third-order valence-electron chi connectivity index (χ3n) is 5.29. The molecule has 1 N–H and O–H groups in total. The largest absolute Gasteiger partial charge is 0.496 e. The summed E-state index contributed by atoms with van der Waals surface area (Å²) in [5, 5.41) is 2.91. The fourth-order valence-corrected chi connectivity index (χ4v) is 3.70. The van der Waals surface area contributed by atoms with E-state index in [2.05, 4.69) is 10.3 Å². The third-order valence-corrected chi connectivity index (χ3v) is 5.29. The monoisotopic (exact) mass is 384 g/mol. The van der Waals surface area contributed by atoms with Crippen molar-refractivity contribution < 1.29 is 14.3 Å². The zero-order valence-electron chi connectivity index (χ0n) is 16.9. The van der Waals surface area contributed by atoms with E-state index >= 15 is 0 Å². The van der Waals surface area contributed by atoms with Crippen molar-refractivity contribution in [3.8, 4) is 5.75 Å². The number of benzene rings is 1. The summed E-state index contributed by atoms with van der Waals surface area (Å²) < 4.78 is 7.27. The highest BCUT2D eigenvalue weighted by atomic mass is 16.5. The van der Waals surface area contributed by atoms with E-state index in [-0.39, 0.29) is 23.7 Å². The Hall–Kier alpha value is -2.83. The molecular formula is C21H28N4O3. The molecule has 0 spiro atoms. The molecular weight excluding hydrogens is 356 g/mol. The number of methoxy groups -OCH3 is 1.